The molecule has 0 atom stereocenters. The summed E-state index contributed by atoms with van der Waals surface area (Å²) in [5.41, 5.74) is 0.630. The van der Waals surface area contributed by atoms with Crippen molar-refractivity contribution in [3.63, 3.8) is 0 Å². The number of anilines is 1. The van der Waals surface area contributed by atoms with Crippen molar-refractivity contribution in [3.05, 3.63) is 52.8 Å². The van der Waals surface area contributed by atoms with E-state index in [9.17, 15) is 14.0 Å². The first-order valence-electron chi connectivity index (χ1n) is 7.08. The van der Waals surface area contributed by atoms with Crippen LogP contribution < -0.4 is 14.8 Å². The zero-order valence-electron chi connectivity index (χ0n) is 13.5. The molecule has 8 heteroatoms. The second kappa shape index (κ2) is 8.34. The number of rotatable bonds is 6. The smallest absolute Gasteiger partial charge is 0.337 e. The number of esters is 1. The monoisotopic (exact) mass is 367 g/mol. The van der Waals surface area contributed by atoms with Crippen molar-refractivity contribution in [2.75, 3.05) is 26.1 Å². The Kier molecular flexibility index (Phi) is 6.19. The van der Waals surface area contributed by atoms with Gasteiger partial charge in [0.25, 0.3) is 5.91 Å². The molecule has 0 aliphatic rings. The molecule has 2 aromatic carbocycles. The van der Waals surface area contributed by atoms with Crippen LogP contribution in [-0.2, 0) is 9.53 Å². The largest absolute Gasteiger partial charge is 0.493 e. The van der Waals surface area contributed by atoms with E-state index in [-0.39, 0.29) is 28.7 Å². The number of hydrogen-bond donors (Lipinski definition) is 1. The second-order valence-corrected chi connectivity index (χ2v) is 5.23. The summed E-state index contributed by atoms with van der Waals surface area (Å²) < 4.78 is 28.2. The number of amides is 1. The van der Waals surface area contributed by atoms with Gasteiger partial charge in [0.2, 0.25) is 0 Å². The average Bonchev–Trinajstić information content (AvgIpc) is 2.62. The Morgan fingerprint density at radius 1 is 1.12 bits per heavy atom. The average molecular weight is 368 g/mol. The van der Waals surface area contributed by atoms with E-state index in [4.69, 9.17) is 21.1 Å². The molecular formula is C17H15ClFNO5. The molecule has 0 unspecified atom stereocenters. The molecule has 1 amide bonds. The fourth-order valence-corrected chi connectivity index (χ4v) is 2.13. The maximum Gasteiger partial charge on any atom is 0.337 e. The molecule has 1 N–H and O–H groups in total. The highest BCUT2D eigenvalue weighted by Gasteiger charge is 2.13. The van der Waals surface area contributed by atoms with Crippen LogP contribution in [0.15, 0.2) is 36.4 Å². The number of halogens is 2. The van der Waals surface area contributed by atoms with Gasteiger partial charge in [-0.1, -0.05) is 11.6 Å². The minimum absolute atomic E-state index is 0.0983. The van der Waals surface area contributed by atoms with E-state index in [1.807, 2.05) is 0 Å². The maximum absolute atomic E-state index is 13.1. The van der Waals surface area contributed by atoms with Gasteiger partial charge in [-0.2, -0.15) is 0 Å². The number of methoxy groups -OCH3 is 2. The SMILES string of the molecule is COC(=O)c1ccc(OCC(=O)Nc2ccc(F)c(Cl)c2)c(OC)c1. The number of hydrogen-bond acceptors (Lipinski definition) is 5. The fraction of sp³-hybridized carbons (Fsp3) is 0.176. The summed E-state index contributed by atoms with van der Waals surface area (Å²) in [7, 11) is 2.68. The van der Waals surface area contributed by atoms with Crippen molar-refractivity contribution in [1.82, 2.24) is 0 Å². The standard InChI is InChI=1S/C17H15ClFNO5/c1-23-15-7-10(17(22)24-2)3-6-14(15)25-9-16(21)20-11-4-5-13(19)12(18)8-11/h3-8H,9H2,1-2H3,(H,20,21). The Morgan fingerprint density at radius 2 is 1.88 bits per heavy atom. The van der Waals surface area contributed by atoms with E-state index in [0.29, 0.717) is 5.69 Å². The van der Waals surface area contributed by atoms with Gasteiger partial charge in [0.05, 0.1) is 24.8 Å². The minimum Gasteiger partial charge on any atom is -0.493 e. The molecule has 2 aromatic rings. The van der Waals surface area contributed by atoms with Gasteiger partial charge in [-0.15, -0.1) is 0 Å². The molecule has 0 saturated heterocycles. The molecule has 132 valence electrons. The molecule has 0 aliphatic carbocycles. The van der Waals surface area contributed by atoms with Crippen molar-refractivity contribution in [2.45, 2.75) is 0 Å². The molecule has 2 rings (SSSR count). The molecule has 0 bridgehead atoms. The highest BCUT2D eigenvalue weighted by molar-refractivity contribution is 6.31. The summed E-state index contributed by atoms with van der Waals surface area (Å²) in [4.78, 5) is 23.4. The van der Waals surface area contributed by atoms with Gasteiger partial charge in [0.15, 0.2) is 18.1 Å². The van der Waals surface area contributed by atoms with Crippen LogP contribution in [0.5, 0.6) is 11.5 Å². The second-order valence-electron chi connectivity index (χ2n) is 4.82. The number of nitrogens with one attached hydrogen (secondary N) is 1. The van der Waals surface area contributed by atoms with E-state index >= 15 is 0 Å². The van der Waals surface area contributed by atoms with Crippen molar-refractivity contribution >= 4 is 29.2 Å². The van der Waals surface area contributed by atoms with Crippen LogP contribution in [0.2, 0.25) is 5.02 Å². The van der Waals surface area contributed by atoms with E-state index in [1.165, 1.54) is 44.6 Å². The molecule has 0 heterocycles. The van der Waals surface area contributed by atoms with Crippen LogP contribution in [0.25, 0.3) is 0 Å². The maximum atomic E-state index is 13.1. The van der Waals surface area contributed by atoms with E-state index in [2.05, 4.69) is 10.1 Å². The predicted octanol–water partition coefficient (Wildman–Crippen LogP) is 3.29. The Labute approximate surface area is 148 Å². The topological polar surface area (TPSA) is 73.9 Å². The van der Waals surface area contributed by atoms with Crippen LogP contribution in [0.4, 0.5) is 10.1 Å². The molecule has 0 radical (unpaired) electrons. The molecule has 25 heavy (non-hydrogen) atoms. The first-order chi connectivity index (χ1) is 11.9. The summed E-state index contributed by atoms with van der Waals surface area (Å²) in [6.07, 6.45) is 0. The first-order valence-corrected chi connectivity index (χ1v) is 7.46. The van der Waals surface area contributed by atoms with E-state index < -0.39 is 17.7 Å². The van der Waals surface area contributed by atoms with Crippen LogP contribution in [0, 0.1) is 5.82 Å². The van der Waals surface area contributed by atoms with Crippen LogP contribution >= 0.6 is 11.6 Å². The minimum atomic E-state index is -0.577. The summed E-state index contributed by atoms with van der Waals surface area (Å²) >= 11 is 5.65. The summed E-state index contributed by atoms with van der Waals surface area (Å²) in [6.45, 7) is -0.317. The Balaban J connectivity index is 2.01. The summed E-state index contributed by atoms with van der Waals surface area (Å²) in [5, 5.41) is 2.43. The normalized spacial score (nSPS) is 10.1. The number of ether oxygens (including phenoxy) is 3. The van der Waals surface area contributed by atoms with Gasteiger partial charge in [0.1, 0.15) is 5.82 Å². The van der Waals surface area contributed by atoms with E-state index in [1.54, 1.807) is 0 Å². The van der Waals surface area contributed by atoms with Crippen molar-refractivity contribution in [3.8, 4) is 11.5 Å². The van der Waals surface area contributed by atoms with Crippen molar-refractivity contribution in [1.29, 1.82) is 0 Å². The summed E-state index contributed by atoms with van der Waals surface area (Å²) in [5.74, 6) is -1.01. The van der Waals surface area contributed by atoms with Gasteiger partial charge < -0.3 is 19.5 Å². The molecule has 0 aromatic heterocycles. The lowest BCUT2D eigenvalue weighted by Gasteiger charge is -2.12. The van der Waals surface area contributed by atoms with Gasteiger partial charge >= 0.3 is 5.97 Å². The van der Waals surface area contributed by atoms with Crippen molar-refractivity contribution in [2.24, 2.45) is 0 Å². The van der Waals surface area contributed by atoms with Gasteiger partial charge in [-0.05, 0) is 36.4 Å². The fourth-order valence-electron chi connectivity index (χ4n) is 1.95. The number of carbonyl (C=O) groups excluding carboxylic acids is 2. The lowest BCUT2D eigenvalue weighted by molar-refractivity contribution is -0.118. The third-order valence-corrected chi connectivity index (χ3v) is 3.44. The Bertz CT molecular complexity index is 797. The highest BCUT2D eigenvalue weighted by atomic mass is 35.5. The van der Waals surface area contributed by atoms with Gasteiger partial charge in [-0.25, -0.2) is 9.18 Å². The number of carbonyl (C=O) groups is 2. The molecular weight excluding hydrogens is 353 g/mol. The molecule has 0 saturated carbocycles. The number of benzene rings is 2. The zero-order chi connectivity index (χ0) is 18.4. The van der Waals surface area contributed by atoms with E-state index in [0.717, 1.165) is 6.07 Å². The van der Waals surface area contributed by atoms with Gasteiger partial charge in [-0.3, -0.25) is 4.79 Å². The lowest BCUT2D eigenvalue weighted by atomic mass is 10.2. The summed E-state index contributed by atoms with van der Waals surface area (Å²) in [6, 6.07) is 8.24. The predicted molar refractivity (Wildman–Crippen MR) is 89.9 cm³/mol. The van der Waals surface area contributed by atoms with Crippen molar-refractivity contribution < 1.29 is 28.2 Å². The Morgan fingerprint density at radius 3 is 2.52 bits per heavy atom. The third kappa shape index (κ3) is 4.84. The zero-order valence-corrected chi connectivity index (χ0v) is 14.2. The first kappa shape index (κ1) is 18.5. The van der Waals surface area contributed by atoms with Crippen LogP contribution in [-0.4, -0.2) is 32.7 Å². The third-order valence-electron chi connectivity index (χ3n) is 3.15. The van der Waals surface area contributed by atoms with Crippen LogP contribution in [0.3, 0.4) is 0 Å². The molecule has 0 fully saturated rings. The van der Waals surface area contributed by atoms with Crippen LogP contribution in [0.1, 0.15) is 10.4 Å². The molecule has 6 nitrogen and oxygen atoms in total. The van der Waals surface area contributed by atoms with Gasteiger partial charge in [0, 0.05) is 5.69 Å². The highest BCUT2D eigenvalue weighted by Crippen LogP contribution is 2.28. The lowest BCUT2D eigenvalue weighted by Crippen LogP contribution is -2.20. The quantitative estimate of drug-likeness (QED) is 0.793. The Hall–Kier alpha value is -2.80. The molecule has 0 spiro atoms. The molecule has 0 aliphatic heterocycles.